The summed E-state index contributed by atoms with van der Waals surface area (Å²) in [5, 5.41) is 2.89. The summed E-state index contributed by atoms with van der Waals surface area (Å²) >= 11 is 0. The van der Waals surface area contributed by atoms with Gasteiger partial charge < -0.3 is 4.57 Å². The maximum atomic E-state index is 2.37. The molecule has 0 amide bonds. The molecular formula is C11H15N. The number of rotatable bonds is 1. The molecule has 0 aromatic carbocycles. The predicted molar refractivity (Wildman–Crippen MR) is 52.2 cm³/mol. The van der Waals surface area contributed by atoms with Gasteiger partial charge in [0.1, 0.15) is 0 Å². The third kappa shape index (κ3) is 1.01. The van der Waals surface area contributed by atoms with Crippen molar-refractivity contribution in [3.8, 4) is 0 Å². The second-order valence-corrected chi connectivity index (χ2v) is 3.40. The van der Waals surface area contributed by atoms with E-state index in [0.717, 1.165) is 6.42 Å². The van der Waals surface area contributed by atoms with Crippen molar-refractivity contribution in [3.05, 3.63) is 22.3 Å². The molecule has 1 aromatic heterocycles. The summed E-state index contributed by atoms with van der Waals surface area (Å²) in [5.74, 6) is 0. The molecule has 0 bridgehead atoms. The van der Waals surface area contributed by atoms with Crippen LogP contribution in [0.15, 0.2) is 6.20 Å². The highest BCUT2D eigenvalue weighted by Crippen LogP contribution is 1.98. The fraction of sp³-hybridized carbons (Fsp3) is 0.455. The highest BCUT2D eigenvalue weighted by atomic mass is 14.9. The lowest BCUT2D eigenvalue weighted by Gasteiger charge is -1.97. The molecule has 1 heteroatoms. The predicted octanol–water partition coefficient (Wildman–Crippen LogP) is 0.942. The van der Waals surface area contributed by atoms with Crippen LogP contribution >= 0.6 is 0 Å². The van der Waals surface area contributed by atoms with Crippen LogP contribution in [0.5, 0.6) is 0 Å². The molecule has 0 saturated carbocycles. The van der Waals surface area contributed by atoms with Crippen LogP contribution < -0.4 is 10.6 Å². The number of hydrogen-bond acceptors (Lipinski definition) is 0. The van der Waals surface area contributed by atoms with E-state index in [9.17, 15) is 0 Å². The molecule has 0 unspecified atom stereocenters. The summed E-state index contributed by atoms with van der Waals surface area (Å²) in [6.45, 7) is 2.22. The van der Waals surface area contributed by atoms with Gasteiger partial charge >= 0.3 is 0 Å². The first-order valence-electron chi connectivity index (χ1n) is 4.67. The van der Waals surface area contributed by atoms with E-state index < -0.39 is 0 Å². The van der Waals surface area contributed by atoms with Gasteiger partial charge in [0.2, 0.25) is 0 Å². The number of hydrogen-bond donors (Lipinski definition) is 0. The third-order valence-electron chi connectivity index (χ3n) is 2.59. The van der Waals surface area contributed by atoms with Crippen LogP contribution in [0.4, 0.5) is 0 Å². The Labute approximate surface area is 73.0 Å². The molecule has 0 aliphatic heterocycles. The lowest BCUT2D eigenvalue weighted by Crippen LogP contribution is -2.30. The van der Waals surface area contributed by atoms with Gasteiger partial charge in [0, 0.05) is 18.6 Å². The van der Waals surface area contributed by atoms with Gasteiger partial charge in [-0.05, 0) is 30.0 Å². The Balaban J connectivity index is 2.80. The van der Waals surface area contributed by atoms with E-state index in [-0.39, 0.29) is 0 Å². The first kappa shape index (κ1) is 7.66. The highest BCUT2D eigenvalue weighted by Gasteiger charge is 2.02. The topological polar surface area (TPSA) is 4.93 Å². The van der Waals surface area contributed by atoms with Crippen molar-refractivity contribution in [2.75, 3.05) is 0 Å². The summed E-state index contributed by atoms with van der Waals surface area (Å²) in [4.78, 5) is 0. The molecule has 1 nitrogen and oxygen atoms in total. The molecule has 0 spiro atoms. The molecule has 1 aliphatic carbocycles. The number of aryl methyl sites for hydroxylation is 2. The molecule has 1 heterocycles. The third-order valence-corrected chi connectivity index (χ3v) is 2.59. The van der Waals surface area contributed by atoms with Crippen LogP contribution in [0.3, 0.4) is 0 Å². The van der Waals surface area contributed by atoms with E-state index in [1.165, 1.54) is 29.0 Å². The van der Waals surface area contributed by atoms with Crippen LogP contribution in [0.25, 0.3) is 12.2 Å². The van der Waals surface area contributed by atoms with E-state index in [1.54, 1.807) is 0 Å². The summed E-state index contributed by atoms with van der Waals surface area (Å²) in [5.41, 5.74) is 1.49. The zero-order valence-corrected chi connectivity index (χ0v) is 7.80. The molecule has 0 radical (unpaired) electrons. The second-order valence-electron chi connectivity index (χ2n) is 3.40. The molecule has 12 heavy (non-hydrogen) atoms. The molecule has 0 N–H and O–H groups in total. The van der Waals surface area contributed by atoms with E-state index in [1.807, 2.05) is 0 Å². The Hall–Kier alpha value is -0.980. The molecule has 1 aliphatic rings. The fourth-order valence-corrected chi connectivity index (χ4v) is 1.95. The zero-order valence-electron chi connectivity index (χ0n) is 7.80. The van der Waals surface area contributed by atoms with Gasteiger partial charge in [-0.3, -0.25) is 0 Å². The van der Waals surface area contributed by atoms with Gasteiger partial charge in [0.25, 0.3) is 0 Å². The van der Waals surface area contributed by atoms with Crippen molar-refractivity contribution in [1.29, 1.82) is 0 Å². The minimum absolute atomic E-state index is 1.15. The molecular weight excluding hydrogens is 146 g/mol. The SMILES string of the molecule is CCc1cn(C)c2c1=CCCC=2. The summed E-state index contributed by atoms with van der Waals surface area (Å²) in [6.07, 6.45) is 10.5. The summed E-state index contributed by atoms with van der Waals surface area (Å²) in [7, 11) is 2.13. The number of nitrogens with zero attached hydrogens (tertiary/aromatic N) is 1. The molecule has 64 valence electrons. The molecule has 1 aromatic rings. The zero-order chi connectivity index (χ0) is 8.55. The minimum Gasteiger partial charge on any atom is -0.351 e. The highest BCUT2D eigenvalue weighted by molar-refractivity contribution is 5.39. The Morgan fingerprint density at radius 2 is 2.08 bits per heavy atom. The van der Waals surface area contributed by atoms with Gasteiger partial charge in [-0.1, -0.05) is 19.1 Å². The number of fused-ring (bicyclic) bond motifs is 1. The van der Waals surface area contributed by atoms with Crippen molar-refractivity contribution < 1.29 is 0 Å². The minimum atomic E-state index is 1.15. The standard InChI is InChI=1S/C11H15N/c1-3-9-8-12(2)11-7-5-4-6-10(9)11/h6-8H,3-5H2,1-2H3. The van der Waals surface area contributed by atoms with Crippen LogP contribution in [0.2, 0.25) is 0 Å². The average molecular weight is 161 g/mol. The molecule has 0 atom stereocenters. The van der Waals surface area contributed by atoms with Crippen molar-refractivity contribution in [3.63, 3.8) is 0 Å². The Morgan fingerprint density at radius 1 is 1.33 bits per heavy atom. The van der Waals surface area contributed by atoms with Gasteiger partial charge in [-0.15, -0.1) is 0 Å². The molecule has 0 saturated heterocycles. The lowest BCUT2D eigenvalue weighted by atomic mass is 10.1. The Bertz CT molecular complexity index is 395. The fourth-order valence-electron chi connectivity index (χ4n) is 1.95. The van der Waals surface area contributed by atoms with Gasteiger partial charge in [-0.25, -0.2) is 0 Å². The Kier molecular flexibility index (Phi) is 1.80. The average Bonchev–Trinajstić information content (AvgIpc) is 2.44. The number of aromatic nitrogens is 1. The van der Waals surface area contributed by atoms with Crippen LogP contribution in [-0.4, -0.2) is 4.57 Å². The van der Waals surface area contributed by atoms with Gasteiger partial charge in [0.15, 0.2) is 0 Å². The first-order chi connectivity index (χ1) is 5.83. The smallest absolute Gasteiger partial charge is 0.0436 e. The Morgan fingerprint density at radius 3 is 2.83 bits per heavy atom. The van der Waals surface area contributed by atoms with Gasteiger partial charge in [-0.2, -0.15) is 0 Å². The maximum Gasteiger partial charge on any atom is 0.0436 e. The van der Waals surface area contributed by atoms with E-state index in [2.05, 4.69) is 36.9 Å². The van der Waals surface area contributed by atoms with E-state index in [0.29, 0.717) is 0 Å². The van der Waals surface area contributed by atoms with Gasteiger partial charge in [0.05, 0.1) is 0 Å². The van der Waals surface area contributed by atoms with Crippen molar-refractivity contribution in [2.24, 2.45) is 7.05 Å². The van der Waals surface area contributed by atoms with E-state index in [4.69, 9.17) is 0 Å². The lowest BCUT2D eigenvalue weighted by molar-refractivity contribution is 0.875. The molecule has 2 rings (SSSR count). The van der Waals surface area contributed by atoms with E-state index >= 15 is 0 Å². The summed E-state index contributed by atoms with van der Waals surface area (Å²) in [6, 6.07) is 0. The quantitative estimate of drug-likeness (QED) is 0.578. The van der Waals surface area contributed by atoms with Crippen molar-refractivity contribution in [1.82, 2.24) is 4.57 Å². The molecule has 0 fully saturated rings. The van der Waals surface area contributed by atoms with Crippen LogP contribution in [0.1, 0.15) is 25.3 Å². The van der Waals surface area contributed by atoms with Crippen LogP contribution in [0, 0.1) is 0 Å². The van der Waals surface area contributed by atoms with Crippen molar-refractivity contribution in [2.45, 2.75) is 26.2 Å². The normalized spacial score (nSPS) is 14.8. The first-order valence-corrected chi connectivity index (χ1v) is 4.67. The second kappa shape index (κ2) is 2.81. The maximum absolute atomic E-state index is 2.37. The van der Waals surface area contributed by atoms with Crippen LogP contribution in [-0.2, 0) is 13.5 Å². The van der Waals surface area contributed by atoms with Crippen molar-refractivity contribution >= 4 is 12.2 Å². The monoisotopic (exact) mass is 161 g/mol. The largest absolute Gasteiger partial charge is 0.351 e. The summed E-state index contributed by atoms with van der Waals surface area (Å²) < 4.78 is 2.24.